The first-order chi connectivity index (χ1) is 8.31. The average molecular weight is 249 g/mol. The van der Waals surface area contributed by atoms with Gasteiger partial charge in [-0.25, -0.2) is 0 Å². The van der Waals surface area contributed by atoms with Crippen LogP contribution in [0.4, 0.5) is 0 Å². The van der Waals surface area contributed by atoms with E-state index in [1.165, 1.54) is 17.0 Å². The van der Waals surface area contributed by atoms with E-state index in [0.717, 1.165) is 13.1 Å². The highest BCUT2D eigenvalue weighted by Crippen LogP contribution is 2.16. The molecule has 17 heavy (non-hydrogen) atoms. The van der Waals surface area contributed by atoms with Crippen LogP contribution < -0.4 is 5.32 Å². The molecule has 0 spiro atoms. The maximum absolute atomic E-state index is 4.12. The summed E-state index contributed by atoms with van der Waals surface area (Å²) in [5, 5.41) is 3.52. The number of aromatic nitrogens is 2. The van der Waals surface area contributed by atoms with Crippen molar-refractivity contribution in [3.63, 3.8) is 0 Å². The van der Waals surface area contributed by atoms with E-state index in [1.807, 2.05) is 11.7 Å². The van der Waals surface area contributed by atoms with E-state index in [2.05, 4.69) is 47.0 Å². The monoisotopic (exact) mass is 249 g/mol. The Kier molecular flexibility index (Phi) is 4.34. The van der Waals surface area contributed by atoms with Crippen LogP contribution in [0.1, 0.15) is 36.9 Å². The standard InChI is InChI=1S/C13H19N3S/c1-3-6-15-11(2)13-5-4-7-16(13)9-12-8-14-10-17-12/h4-5,7-8,10-11,15H,3,6,9H2,1-2H3. The largest absolute Gasteiger partial charge is 0.345 e. The number of nitrogens with zero attached hydrogens (tertiary/aromatic N) is 2. The normalized spacial score (nSPS) is 12.8. The summed E-state index contributed by atoms with van der Waals surface area (Å²) >= 11 is 1.71. The lowest BCUT2D eigenvalue weighted by Gasteiger charge is -2.16. The number of thiazole rings is 1. The van der Waals surface area contributed by atoms with Gasteiger partial charge in [-0.05, 0) is 32.0 Å². The highest BCUT2D eigenvalue weighted by Gasteiger charge is 2.09. The molecule has 0 aliphatic carbocycles. The highest BCUT2D eigenvalue weighted by atomic mass is 32.1. The summed E-state index contributed by atoms with van der Waals surface area (Å²) in [4.78, 5) is 5.41. The van der Waals surface area contributed by atoms with E-state index in [4.69, 9.17) is 0 Å². The third-order valence-electron chi connectivity index (χ3n) is 2.82. The maximum atomic E-state index is 4.12. The molecule has 0 fully saturated rings. The van der Waals surface area contributed by atoms with Crippen LogP contribution in [-0.4, -0.2) is 16.1 Å². The minimum absolute atomic E-state index is 0.401. The van der Waals surface area contributed by atoms with Gasteiger partial charge in [-0.15, -0.1) is 11.3 Å². The van der Waals surface area contributed by atoms with Crippen LogP contribution >= 0.6 is 11.3 Å². The molecule has 0 amide bonds. The predicted octanol–water partition coefficient (Wildman–Crippen LogP) is 3.05. The molecule has 0 radical (unpaired) electrons. The molecule has 2 aromatic rings. The van der Waals surface area contributed by atoms with Gasteiger partial charge in [0, 0.05) is 29.0 Å². The van der Waals surface area contributed by atoms with E-state index in [0.29, 0.717) is 6.04 Å². The summed E-state index contributed by atoms with van der Waals surface area (Å²) in [5.74, 6) is 0. The zero-order chi connectivity index (χ0) is 12.1. The zero-order valence-electron chi connectivity index (χ0n) is 10.4. The summed E-state index contributed by atoms with van der Waals surface area (Å²) in [6, 6.07) is 4.70. The second-order valence-electron chi connectivity index (χ2n) is 4.20. The second kappa shape index (κ2) is 5.98. The fourth-order valence-corrected chi connectivity index (χ4v) is 2.51. The minimum Gasteiger partial charge on any atom is -0.345 e. The van der Waals surface area contributed by atoms with E-state index in [1.54, 1.807) is 11.3 Å². The Morgan fingerprint density at radius 2 is 2.41 bits per heavy atom. The second-order valence-corrected chi connectivity index (χ2v) is 5.18. The van der Waals surface area contributed by atoms with Crippen molar-refractivity contribution in [2.75, 3.05) is 6.54 Å². The Labute approximate surface area is 107 Å². The first-order valence-electron chi connectivity index (χ1n) is 6.07. The van der Waals surface area contributed by atoms with Crippen LogP contribution in [-0.2, 0) is 6.54 Å². The Bertz CT molecular complexity index is 433. The molecule has 1 N–H and O–H groups in total. The maximum Gasteiger partial charge on any atom is 0.0794 e. The third kappa shape index (κ3) is 3.17. The molecule has 2 rings (SSSR count). The van der Waals surface area contributed by atoms with Crippen molar-refractivity contribution in [1.82, 2.24) is 14.9 Å². The van der Waals surface area contributed by atoms with Gasteiger partial charge in [0.05, 0.1) is 12.1 Å². The highest BCUT2D eigenvalue weighted by molar-refractivity contribution is 7.09. The molecule has 2 aromatic heterocycles. The molecule has 92 valence electrons. The number of nitrogens with one attached hydrogen (secondary N) is 1. The Morgan fingerprint density at radius 3 is 3.12 bits per heavy atom. The molecule has 2 heterocycles. The lowest BCUT2D eigenvalue weighted by molar-refractivity contribution is 0.535. The number of rotatable bonds is 6. The van der Waals surface area contributed by atoms with Gasteiger partial charge in [0.15, 0.2) is 0 Å². The van der Waals surface area contributed by atoms with E-state index >= 15 is 0 Å². The molecular formula is C13H19N3S. The van der Waals surface area contributed by atoms with E-state index in [9.17, 15) is 0 Å². The molecular weight excluding hydrogens is 230 g/mol. The summed E-state index contributed by atoms with van der Waals surface area (Å²) in [7, 11) is 0. The fraction of sp³-hybridized carbons (Fsp3) is 0.462. The van der Waals surface area contributed by atoms with Gasteiger partial charge in [0.1, 0.15) is 0 Å². The average Bonchev–Trinajstić information content (AvgIpc) is 2.97. The fourth-order valence-electron chi connectivity index (χ4n) is 1.92. The Balaban J connectivity index is 2.06. The predicted molar refractivity (Wildman–Crippen MR) is 72.4 cm³/mol. The molecule has 0 aliphatic heterocycles. The van der Waals surface area contributed by atoms with Crippen LogP contribution in [0.25, 0.3) is 0 Å². The lowest BCUT2D eigenvalue weighted by atomic mass is 10.2. The van der Waals surface area contributed by atoms with E-state index in [-0.39, 0.29) is 0 Å². The molecule has 1 unspecified atom stereocenters. The van der Waals surface area contributed by atoms with Crippen LogP contribution in [0.5, 0.6) is 0 Å². The molecule has 1 atom stereocenters. The molecule has 4 heteroatoms. The third-order valence-corrected chi connectivity index (χ3v) is 3.58. The van der Waals surface area contributed by atoms with Crippen LogP contribution in [0.3, 0.4) is 0 Å². The van der Waals surface area contributed by atoms with Crippen LogP contribution in [0.2, 0.25) is 0 Å². The summed E-state index contributed by atoms with van der Waals surface area (Å²) in [6.45, 7) is 6.39. The number of hydrogen-bond donors (Lipinski definition) is 1. The summed E-state index contributed by atoms with van der Waals surface area (Å²) < 4.78 is 2.29. The molecule has 0 aromatic carbocycles. The molecule has 0 bridgehead atoms. The van der Waals surface area contributed by atoms with Gasteiger partial charge in [-0.3, -0.25) is 4.98 Å². The van der Waals surface area contributed by atoms with Crippen molar-refractivity contribution in [3.8, 4) is 0 Å². The smallest absolute Gasteiger partial charge is 0.0794 e. The van der Waals surface area contributed by atoms with Gasteiger partial charge in [0.25, 0.3) is 0 Å². The van der Waals surface area contributed by atoms with Crippen LogP contribution in [0, 0.1) is 0 Å². The Morgan fingerprint density at radius 1 is 1.53 bits per heavy atom. The van der Waals surface area contributed by atoms with Crippen LogP contribution in [0.15, 0.2) is 30.0 Å². The minimum atomic E-state index is 0.401. The number of hydrogen-bond acceptors (Lipinski definition) is 3. The first-order valence-corrected chi connectivity index (χ1v) is 6.95. The van der Waals surface area contributed by atoms with Crippen molar-refractivity contribution in [2.24, 2.45) is 0 Å². The molecule has 0 saturated carbocycles. The summed E-state index contributed by atoms with van der Waals surface area (Å²) in [6.07, 6.45) is 5.25. The van der Waals surface area contributed by atoms with Crippen molar-refractivity contribution in [3.05, 3.63) is 40.6 Å². The van der Waals surface area contributed by atoms with Crippen molar-refractivity contribution in [1.29, 1.82) is 0 Å². The van der Waals surface area contributed by atoms with E-state index < -0.39 is 0 Å². The van der Waals surface area contributed by atoms with Crippen molar-refractivity contribution < 1.29 is 0 Å². The molecule has 0 aliphatic rings. The van der Waals surface area contributed by atoms with Crippen molar-refractivity contribution >= 4 is 11.3 Å². The van der Waals surface area contributed by atoms with Gasteiger partial charge < -0.3 is 9.88 Å². The van der Waals surface area contributed by atoms with Gasteiger partial charge in [-0.1, -0.05) is 6.92 Å². The first kappa shape index (κ1) is 12.3. The zero-order valence-corrected chi connectivity index (χ0v) is 11.2. The van der Waals surface area contributed by atoms with Crippen molar-refractivity contribution in [2.45, 2.75) is 32.9 Å². The lowest BCUT2D eigenvalue weighted by Crippen LogP contribution is -2.21. The topological polar surface area (TPSA) is 29.9 Å². The van der Waals surface area contributed by atoms with Gasteiger partial charge in [-0.2, -0.15) is 0 Å². The van der Waals surface area contributed by atoms with Gasteiger partial charge >= 0.3 is 0 Å². The Hall–Kier alpha value is -1.13. The SMILES string of the molecule is CCCNC(C)c1cccn1Cc1cncs1. The quantitative estimate of drug-likeness (QED) is 0.852. The molecule has 3 nitrogen and oxygen atoms in total. The van der Waals surface area contributed by atoms with Gasteiger partial charge in [0.2, 0.25) is 0 Å². The molecule has 0 saturated heterocycles. The summed E-state index contributed by atoms with van der Waals surface area (Å²) in [5.41, 5.74) is 3.23.